The number of carbonyl (C=O) groups is 3. The fraction of sp³-hybridized carbons (Fsp3) is 0.625. The molecular weight excluding hydrogens is 633 g/mol. The van der Waals surface area contributed by atoms with Gasteiger partial charge in [-0.2, -0.15) is 0 Å². The maximum absolute atomic E-state index is 13.5. The summed E-state index contributed by atoms with van der Waals surface area (Å²) < 4.78 is 0. The monoisotopic (exact) mass is 684 g/mol. The van der Waals surface area contributed by atoms with Crippen molar-refractivity contribution in [3.63, 3.8) is 0 Å². The largest absolute Gasteiger partial charge is 0.478 e. The molecule has 0 spiro atoms. The van der Waals surface area contributed by atoms with E-state index in [2.05, 4.69) is 75.0 Å². The van der Waals surface area contributed by atoms with Gasteiger partial charge in [0, 0.05) is 5.54 Å². The van der Waals surface area contributed by atoms with Crippen LogP contribution in [0, 0.1) is 51.2 Å². The van der Waals surface area contributed by atoms with Gasteiger partial charge in [0.25, 0.3) is 0 Å². The first kappa shape index (κ1) is 34.1. The smallest absolute Gasteiger partial charge is 0.335 e. The second-order valence-electron chi connectivity index (χ2n) is 17.4. The van der Waals surface area contributed by atoms with Crippen LogP contribution in [0.15, 0.2) is 48.0 Å². The molecule has 5 aliphatic rings. The lowest BCUT2D eigenvalue weighted by Gasteiger charge is -2.72. The summed E-state index contributed by atoms with van der Waals surface area (Å²) in [5.41, 5.74) is 5.44. The predicted molar refractivity (Wildman–Crippen MR) is 193 cm³/mol. The van der Waals surface area contributed by atoms with Crippen molar-refractivity contribution in [1.29, 1.82) is 0 Å². The summed E-state index contributed by atoms with van der Waals surface area (Å²) in [6, 6.07) is 7.46. The molecule has 8 nitrogen and oxygen atoms in total. The number of rotatable bonds is 5. The van der Waals surface area contributed by atoms with Gasteiger partial charge in [-0.25, -0.2) is 4.79 Å². The van der Waals surface area contributed by atoms with Crippen molar-refractivity contribution in [3.8, 4) is 0 Å². The predicted octanol–water partition coefficient (Wildman–Crippen LogP) is 8.39. The Bertz CT molecular complexity index is 1720. The van der Waals surface area contributed by atoms with Gasteiger partial charge in [-0.15, -0.1) is 10.2 Å². The Morgan fingerprint density at radius 1 is 0.898 bits per heavy atom. The molecule has 0 aliphatic heterocycles. The molecule has 4 fully saturated rings. The molecule has 262 valence electrons. The van der Waals surface area contributed by atoms with Crippen molar-refractivity contribution in [2.24, 2.45) is 51.2 Å². The van der Waals surface area contributed by atoms with Crippen LogP contribution < -0.4 is 10.6 Å². The Morgan fingerprint density at radius 2 is 1.63 bits per heavy atom. The fourth-order valence-corrected chi connectivity index (χ4v) is 13.4. The second kappa shape index (κ2) is 11.6. The van der Waals surface area contributed by atoms with Crippen LogP contribution in [0.2, 0.25) is 0 Å². The Kier molecular flexibility index (Phi) is 8.09. The molecule has 3 N–H and O–H groups in total. The molecule has 2 amide bonds. The van der Waals surface area contributed by atoms with Crippen molar-refractivity contribution in [2.45, 2.75) is 105 Å². The van der Waals surface area contributed by atoms with Crippen LogP contribution in [0.25, 0.3) is 5.57 Å². The maximum Gasteiger partial charge on any atom is 0.335 e. The number of fused-ring (bicyclic) bond motifs is 7. The van der Waals surface area contributed by atoms with Crippen molar-refractivity contribution >= 4 is 39.8 Å². The van der Waals surface area contributed by atoms with Crippen LogP contribution in [0.1, 0.15) is 115 Å². The van der Waals surface area contributed by atoms with Gasteiger partial charge >= 0.3 is 17.8 Å². The zero-order valence-electron chi connectivity index (χ0n) is 29.9. The SMILES string of the molecule is C=C(C)C1CCC2(NC(=O)C(=O)Nc3nncs3)CCC3(C)C(CCC4C5(C)CC=C(c6ccc(C(=O)O)cc6)C(C)(C)C5CCC43C)C12. The Morgan fingerprint density at radius 3 is 2.29 bits per heavy atom. The molecule has 9 unspecified atom stereocenters. The number of carboxylic acid groups (broad SMARTS) is 1. The first-order valence-electron chi connectivity index (χ1n) is 18.2. The molecule has 1 heterocycles. The average Bonchev–Trinajstić information content (AvgIpc) is 3.69. The molecule has 1 aromatic heterocycles. The minimum atomic E-state index is -0.892. The van der Waals surface area contributed by atoms with E-state index < -0.39 is 23.3 Å². The third-order valence-electron chi connectivity index (χ3n) is 15.2. The van der Waals surface area contributed by atoms with E-state index in [4.69, 9.17) is 0 Å². The maximum atomic E-state index is 13.5. The number of anilines is 1. The van der Waals surface area contributed by atoms with Crippen molar-refractivity contribution in [1.82, 2.24) is 15.5 Å². The van der Waals surface area contributed by atoms with Gasteiger partial charge in [0.2, 0.25) is 5.13 Å². The highest BCUT2D eigenvalue weighted by atomic mass is 32.1. The standard InChI is InChI=1S/C40H52N4O4S/c1-23(2)26-14-19-40(43-33(46)32(45)42-35-44-41-22-49-35)21-20-38(6)28(31(26)40)12-13-30-37(5)17-15-27(24-8-10-25(11-9-24)34(47)48)36(3,4)29(37)16-18-39(30,38)7/h8-11,15,22,26,28-31H,1,12-14,16-21H2,2-7H3,(H,43,46)(H,47,48)(H,42,44,45). The van der Waals surface area contributed by atoms with Crippen LogP contribution in [-0.2, 0) is 9.59 Å². The quantitative estimate of drug-likeness (QED) is 0.215. The Labute approximate surface area is 294 Å². The van der Waals surface area contributed by atoms with Gasteiger partial charge in [0.05, 0.1) is 5.56 Å². The number of benzene rings is 1. The number of carbonyl (C=O) groups excluding carboxylic acids is 2. The summed E-state index contributed by atoms with van der Waals surface area (Å²) >= 11 is 1.20. The molecule has 9 atom stereocenters. The van der Waals surface area contributed by atoms with Gasteiger partial charge < -0.3 is 10.4 Å². The van der Waals surface area contributed by atoms with Crippen LogP contribution in [0.5, 0.6) is 0 Å². The van der Waals surface area contributed by atoms with Crippen LogP contribution in [-0.4, -0.2) is 38.6 Å². The van der Waals surface area contributed by atoms with Crippen molar-refractivity contribution < 1.29 is 19.5 Å². The van der Waals surface area contributed by atoms with E-state index in [1.165, 1.54) is 34.4 Å². The number of nitrogens with zero attached hydrogens (tertiary/aromatic N) is 2. The van der Waals surface area contributed by atoms with E-state index >= 15 is 0 Å². The number of aromatic carboxylic acids is 1. The summed E-state index contributed by atoms with van der Waals surface area (Å²) in [7, 11) is 0. The topological polar surface area (TPSA) is 121 Å². The van der Waals surface area contributed by atoms with Gasteiger partial charge in [-0.1, -0.05) is 76.3 Å². The van der Waals surface area contributed by atoms with E-state index in [9.17, 15) is 19.5 Å². The molecule has 0 bridgehead atoms. The van der Waals surface area contributed by atoms with Gasteiger partial charge in [-0.05, 0) is 139 Å². The second-order valence-corrected chi connectivity index (χ2v) is 18.3. The summed E-state index contributed by atoms with van der Waals surface area (Å²) in [4.78, 5) is 38.1. The highest BCUT2D eigenvalue weighted by Crippen LogP contribution is 2.76. The number of nitrogens with one attached hydrogen (secondary N) is 2. The highest BCUT2D eigenvalue weighted by Gasteiger charge is 2.70. The normalized spacial score (nSPS) is 38.9. The number of hydrogen-bond acceptors (Lipinski definition) is 6. The molecule has 0 radical (unpaired) electrons. The molecule has 0 saturated heterocycles. The zero-order chi connectivity index (χ0) is 35.1. The third kappa shape index (κ3) is 4.99. The summed E-state index contributed by atoms with van der Waals surface area (Å²) in [6.45, 7) is 19.2. The lowest BCUT2D eigenvalue weighted by atomic mass is 9.33. The van der Waals surface area contributed by atoms with E-state index in [0.29, 0.717) is 34.4 Å². The Balaban J connectivity index is 1.19. The van der Waals surface area contributed by atoms with Crippen LogP contribution in [0.3, 0.4) is 0 Å². The van der Waals surface area contributed by atoms with Gasteiger partial charge in [0.1, 0.15) is 5.51 Å². The molecule has 9 heteroatoms. The average molecular weight is 685 g/mol. The summed E-state index contributed by atoms with van der Waals surface area (Å²) in [5.74, 6) is -0.0857. The van der Waals surface area contributed by atoms with Crippen molar-refractivity contribution in [2.75, 3.05) is 5.32 Å². The van der Waals surface area contributed by atoms with E-state index in [0.717, 1.165) is 56.9 Å². The minimum absolute atomic E-state index is 0.0470. The van der Waals surface area contributed by atoms with Crippen molar-refractivity contribution in [3.05, 3.63) is 59.1 Å². The molecule has 5 aliphatic carbocycles. The molecule has 4 saturated carbocycles. The zero-order valence-corrected chi connectivity index (χ0v) is 30.7. The Hall–Kier alpha value is -3.33. The third-order valence-corrected chi connectivity index (χ3v) is 15.8. The summed E-state index contributed by atoms with van der Waals surface area (Å²) in [6.07, 6.45) is 11.9. The molecular formula is C40H52N4O4S. The lowest BCUT2D eigenvalue weighted by Crippen LogP contribution is -2.68. The number of amides is 2. The van der Waals surface area contributed by atoms with E-state index in [1.54, 1.807) is 12.1 Å². The molecule has 7 rings (SSSR count). The number of hydrogen-bond donors (Lipinski definition) is 3. The molecule has 2 aromatic rings. The lowest BCUT2D eigenvalue weighted by molar-refractivity contribution is -0.219. The van der Waals surface area contributed by atoms with Gasteiger partial charge in [0.15, 0.2) is 0 Å². The number of carboxylic acids is 1. The minimum Gasteiger partial charge on any atom is -0.478 e. The fourth-order valence-electron chi connectivity index (χ4n) is 12.9. The van der Waals surface area contributed by atoms with Gasteiger partial charge in [-0.3, -0.25) is 14.9 Å². The van der Waals surface area contributed by atoms with Crippen LogP contribution in [0.4, 0.5) is 5.13 Å². The summed E-state index contributed by atoms with van der Waals surface area (Å²) in [5, 5.41) is 23.4. The van der Waals surface area contributed by atoms with E-state index in [1.807, 2.05) is 12.1 Å². The molecule has 1 aromatic carbocycles. The first-order chi connectivity index (χ1) is 23.1. The van der Waals surface area contributed by atoms with Crippen LogP contribution >= 0.6 is 11.3 Å². The molecule has 49 heavy (non-hydrogen) atoms. The first-order valence-corrected chi connectivity index (χ1v) is 19.0. The number of aromatic nitrogens is 2. The highest BCUT2D eigenvalue weighted by molar-refractivity contribution is 7.13. The van der Waals surface area contributed by atoms with E-state index in [-0.39, 0.29) is 27.6 Å². The number of allylic oxidation sites excluding steroid dienone is 3.